The van der Waals surface area contributed by atoms with Gasteiger partial charge < -0.3 is 4.74 Å². The van der Waals surface area contributed by atoms with E-state index in [2.05, 4.69) is 4.74 Å². The molecule has 1 unspecified atom stereocenters. The predicted molar refractivity (Wildman–Crippen MR) is 28.3 cm³/mol. The maximum Gasteiger partial charge on any atom is 0.320 e. The molecule has 2 heteroatoms. The first-order chi connectivity index (χ1) is 3.72. The summed E-state index contributed by atoms with van der Waals surface area (Å²) >= 11 is 0. The maximum atomic E-state index is 10.3. The van der Waals surface area contributed by atoms with E-state index in [1.165, 1.54) is 7.11 Å². The number of ether oxygens (including phenoxy) is 1. The van der Waals surface area contributed by atoms with Crippen LogP contribution in [0.15, 0.2) is 0 Å². The third-order valence-corrected chi connectivity index (χ3v) is 0.771. The molecule has 0 N–H and O–H groups in total. The second kappa shape index (κ2) is 3.09. The molecular formula is C6H7O2. The van der Waals surface area contributed by atoms with Gasteiger partial charge in [0.05, 0.1) is 7.11 Å². The van der Waals surface area contributed by atoms with Gasteiger partial charge in [0.1, 0.15) is 5.92 Å². The summed E-state index contributed by atoms with van der Waals surface area (Å²) in [6.07, 6.45) is 6.49. The van der Waals surface area contributed by atoms with Crippen molar-refractivity contribution in [3.8, 4) is 5.92 Å². The van der Waals surface area contributed by atoms with Gasteiger partial charge in [-0.1, -0.05) is 5.92 Å². The van der Waals surface area contributed by atoms with Crippen molar-refractivity contribution in [1.82, 2.24) is 0 Å². The standard InChI is InChI=1S/C6H7O2/c1-4-5(2)6(7)8-3/h5H,2-3H3. The minimum atomic E-state index is -0.528. The average molecular weight is 111 g/mol. The molecule has 0 saturated carbocycles. The maximum absolute atomic E-state index is 10.3. The zero-order valence-electron chi connectivity index (χ0n) is 4.89. The summed E-state index contributed by atoms with van der Waals surface area (Å²) in [5, 5.41) is 0. The van der Waals surface area contributed by atoms with E-state index in [1.807, 2.05) is 5.92 Å². The molecule has 0 amide bonds. The molecule has 43 valence electrons. The van der Waals surface area contributed by atoms with Crippen molar-refractivity contribution in [2.75, 3.05) is 7.11 Å². The van der Waals surface area contributed by atoms with E-state index in [4.69, 9.17) is 6.42 Å². The van der Waals surface area contributed by atoms with Gasteiger partial charge in [-0.15, -0.1) is 0 Å². The molecule has 0 aromatic rings. The lowest BCUT2D eigenvalue weighted by Gasteiger charge is -1.97. The Balaban J connectivity index is 3.68. The van der Waals surface area contributed by atoms with Gasteiger partial charge in [-0.2, -0.15) is 0 Å². The van der Waals surface area contributed by atoms with Crippen LogP contribution in [0.3, 0.4) is 0 Å². The lowest BCUT2D eigenvalue weighted by Crippen LogP contribution is -2.09. The van der Waals surface area contributed by atoms with Crippen LogP contribution < -0.4 is 0 Å². The van der Waals surface area contributed by atoms with Crippen molar-refractivity contribution in [2.45, 2.75) is 6.92 Å². The lowest BCUT2D eigenvalue weighted by atomic mass is 10.2. The van der Waals surface area contributed by atoms with Gasteiger partial charge in [0, 0.05) is 0 Å². The van der Waals surface area contributed by atoms with Crippen molar-refractivity contribution >= 4 is 5.97 Å². The minimum absolute atomic E-state index is 0.417. The summed E-state index contributed by atoms with van der Waals surface area (Å²) in [7, 11) is 1.29. The van der Waals surface area contributed by atoms with Crippen LogP contribution in [0.1, 0.15) is 6.92 Å². The number of hydrogen-bond acceptors (Lipinski definition) is 2. The van der Waals surface area contributed by atoms with Gasteiger partial charge in [-0.05, 0) is 13.3 Å². The molecule has 0 aromatic heterocycles. The van der Waals surface area contributed by atoms with E-state index in [0.717, 1.165) is 0 Å². The quantitative estimate of drug-likeness (QED) is 0.361. The Morgan fingerprint density at radius 2 is 2.38 bits per heavy atom. The number of carbonyl (C=O) groups is 1. The lowest BCUT2D eigenvalue weighted by molar-refractivity contribution is -0.142. The Morgan fingerprint density at radius 1 is 1.88 bits per heavy atom. The molecule has 0 aliphatic carbocycles. The highest BCUT2D eigenvalue weighted by Gasteiger charge is 2.07. The third-order valence-electron chi connectivity index (χ3n) is 0.771. The van der Waals surface area contributed by atoms with E-state index in [-0.39, 0.29) is 0 Å². The second-order valence-corrected chi connectivity index (χ2v) is 1.39. The van der Waals surface area contributed by atoms with Crippen LogP contribution >= 0.6 is 0 Å². The molecule has 0 aliphatic rings. The van der Waals surface area contributed by atoms with Crippen LogP contribution in [0.5, 0.6) is 0 Å². The van der Waals surface area contributed by atoms with Crippen molar-refractivity contribution in [2.24, 2.45) is 5.92 Å². The van der Waals surface area contributed by atoms with Crippen LogP contribution in [-0.4, -0.2) is 13.1 Å². The highest BCUT2D eigenvalue weighted by Crippen LogP contribution is 1.92. The zero-order chi connectivity index (χ0) is 6.57. The molecule has 0 bridgehead atoms. The van der Waals surface area contributed by atoms with Gasteiger partial charge in [-0.3, -0.25) is 4.79 Å². The van der Waals surface area contributed by atoms with Crippen molar-refractivity contribution in [1.29, 1.82) is 0 Å². The van der Waals surface area contributed by atoms with Crippen LogP contribution in [0.25, 0.3) is 0 Å². The molecule has 1 atom stereocenters. The molecule has 0 fully saturated rings. The first kappa shape index (κ1) is 7.03. The average Bonchev–Trinajstić information content (AvgIpc) is 1.84. The molecule has 0 aliphatic heterocycles. The van der Waals surface area contributed by atoms with E-state index in [1.54, 1.807) is 6.92 Å². The molecule has 0 heterocycles. The molecule has 0 rings (SSSR count). The summed E-state index contributed by atoms with van der Waals surface area (Å²) in [4.78, 5) is 10.3. The van der Waals surface area contributed by atoms with E-state index in [9.17, 15) is 4.79 Å². The van der Waals surface area contributed by atoms with E-state index >= 15 is 0 Å². The molecule has 2 nitrogen and oxygen atoms in total. The predicted octanol–water partition coefficient (Wildman–Crippen LogP) is 0.385. The topological polar surface area (TPSA) is 26.3 Å². The fourth-order valence-electron chi connectivity index (χ4n) is 0.236. The monoisotopic (exact) mass is 111 g/mol. The Kier molecular flexibility index (Phi) is 2.71. The fourth-order valence-corrected chi connectivity index (χ4v) is 0.236. The minimum Gasteiger partial charge on any atom is -0.468 e. The summed E-state index contributed by atoms with van der Waals surface area (Å²) in [5.74, 6) is 1.05. The molecule has 1 radical (unpaired) electrons. The van der Waals surface area contributed by atoms with E-state index < -0.39 is 11.9 Å². The van der Waals surface area contributed by atoms with E-state index in [0.29, 0.717) is 0 Å². The highest BCUT2D eigenvalue weighted by atomic mass is 16.5. The molecule has 8 heavy (non-hydrogen) atoms. The van der Waals surface area contributed by atoms with Crippen LogP contribution in [0.2, 0.25) is 0 Å². The largest absolute Gasteiger partial charge is 0.468 e. The number of esters is 1. The normalized spacial score (nSPS) is 11.6. The Morgan fingerprint density at radius 3 is 2.50 bits per heavy atom. The molecular weight excluding hydrogens is 104 g/mol. The van der Waals surface area contributed by atoms with Crippen LogP contribution in [0.4, 0.5) is 0 Å². The SMILES string of the molecule is [C]#CC(C)C(=O)OC. The molecule has 0 aromatic carbocycles. The van der Waals surface area contributed by atoms with Crippen molar-refractivity contribution < 1.29 is 9.53 Å². The summed E-state index contributed by atoms with van der Waals surface area (Å²) in [5.41, 5.74) is 0. The van der Waals surface area contributed by atoms with Gasteiger partial charge in [0.25, 0.3) is 0 Å². The Bertz CT molecular complexity index is 121. The molecule has 0 saturated heterocycles. The van der Waals surface area contributed by atoms with Gasteiger partial charge in [0.2, 0.25) is 0 Å². The van der Waals surface area contributed by atoms with Crippen molar-refractivity contribution in [3.63, 3.8) is 0 Å². The second-order valence-electron chi connectivity index (χ2n) is 1.39. The third kappa shape index (κ3) is 1.65. The summed E-state index contributed by atoms with van der Waals surface area (Å²) in [6.45, 7) is 1.55. The fraction of sp³-hybridized carbons (Fsp3) is 0.500. The van der Waals surface area contributed by atoms with Crippen LogP contribution in [0, 0.1) is 18.3 Å². The first-order valence-corrected chi connectivity index (χ1v) is 2.22. The number of methoxy groups -OCH3 is 1. The van der Waals surface area contributed by atoms with Gasteiger partial charge in [-0.25, -0.2) is 0 Å². The smallest absolute Gasteiger partial charge is 0.320 e. The number of carbonyl (C=O) groups excluding carboxylic acids is 1. The summed E-state index contributed by atoms with van der Waals surface area (Å²) < 4.78 is 4.28. The number of rotatable bonds is 1. The molecule has 0 spiro atoms. The highest BCUT2D eigenvalue weighted by molar-refractivity contribution is 5.74. The number of hydrogen-bond donors (Lipinski definition) is 0. The first-order valence-electron chi connectivity index (χ1n) is 2.22. The van der Waals surface area contributed by atoms with Crippen LogP contribution in [-0.2, 0) is 9.53 Å². The Hall–Kier alpha value is -0.970. The van der Waals surface area contributed by atoms with Gasteiger partial charge >= 0.3 is 5.97 Å². The van der Waals surface area contributed by atoms with Crippen molar-refractivity contribution in [3.05, 3.63) is 6.42 Å². The Labute approximate surface area is 48.8 Å². The summed E-state index contributed by atoms with van der Waals surface area (Å²) in [6, 6.07) is 0. The van der Waals surface area contributed by atoms with Gasteiger partial charge in [0.15, 0.2) is 0 Å². The zero-order valence-corrected chi connectivity index (χ0v) is 4.89.